The molecular formula is C17H22N2O2. The Bertz CT molecular complexity index is 559. The summed E-state index contributed by atoms with van der Waals surface area (Å²) in [5.41, 5.74) is 1.40. The molecule has 1 aliphatic rings. The summed E-state index contributed by atoms with van der Waals surface area (Å²) in [5, 5.41) is 8.74. The van der Waals surface area contributed by atoms with Gasteiger partial charge in [-0.25, -0.2) is 0 Å². The SMILES string of the molecule is CN1CCCC(N(C)C(=O)c2cccc(C#CCO)c2)C1. The third-order valence-electron chi connectivity index (χ3n) is 3.89. The van der Waals surface area contributed by atoms with Gasteiger partial charge in [-0.3, -0.25) is 4.79 Å². The number of carbonyl (C=O) groups excluding carboxylic acids is 1. The Morgan fingerprint density at radius 2 is 2.33 bits per heavy atom. The van der Waals surface area contributed by atoms with E-state index in [0.717, 1.165) is 31.5 Å². The molecule has 2 rings (SSSR count). The predicted octanol–water partition coefficient (Wildman–Crippen LogP) is 1.20. The molecule has 1 aromatic carbocycles. The Morgan fingerprint density at radius 1 is 1.52 bits per heavy atom. The normalized spacial score (nSPS) is 18.7. The van der Waals surface area contributed by atoms with Gasteiger partial charge in [-0.05, 0) is 44.6 Å². The van der Waals surface area contributed by atoms with Crippen LogP contribution in [0.1, 0.15) is 28.8 Å². The molecule has 0 aliphatic carbocycles. The summed E-state index contributed by atoms with van der Waals surface area (Å²) in [6.45, 7) is 1.85. The molecule has 1 atom stereocenters. The molecule has 0 spiro atoms. The van der Waals surface area contributed by atoms with Crippen molar-refractivity contribution in [3.63, 3.8) is 0 Å². The zero-order chi connectivity index (χ0) is 15.2. The van der Waals surface area contributed by atoms with Crippen LogP contribution in [0.15, 0.2) is 24.3 Å². The molecular weight excluding hydrogens is 264 g/mol. The highest BCUT2D eigenvalue weighted by atomic mass is 16.2. The molecule has 4 nitrogen and oxygen atoms in total. The Balaban J connectivity index is 2.11. The average molecular weight is 286 g/mol. The van der Waals surface area contributed by atoms with E-state index < -0.39 is 0 Å². The van der Waals surface area contributed by atoms with Crippen LogP contribution in [0.3, 0.4) is 0 Å². The van der Waals surface area contributed by atoms with Crippen LogP contribution in [0.4, 0.5) is 0 Å². The first kappa shape index (κ1) is 15.6. The first-order valence-electron chi connectivity index (χ1n) is 7.27. The van der Waals surface area contributed by atoms with Crippen LogP contribution >= 0.6 is 0 Å². The molecule has 112 valence electrons. The van der Waals surface area contributed by atoms with Crippen LogP contribution in [-0.2, 0) is 0 Å². The lowest BCUT2D eigenvalue weighted by molar-refractivity contribution is 0.0644. The number of likely N-dealkylation sites (tertiary alicyclic amines) is 1. The van der Waals surface area contributed by atoms with Gasteiger partial charge in [0.1, 0.15) is 6.61 Å². The van der Waals surface area contributed by atoms with Crippen LogP contribution in [0.2, 0.25) is 0 Å². The average Bonchev–Trinajstić information content (AvgIpc) is 2.51. The minimum atomic E-state index is -0.174. The van der Waals surface area contributed by atoms with E-state index in [1.807, 2.05) is 30.1 Å². The molecule has 1 saturated heterocycles. The standard InChI is InChI=1S/C17H22N2O2/c1-18-10-4-9-16(13-18)19(2)17(21)15-8-3-6-14(12-15)7-5-11-20/h3,6,8,12,16,20H,4,9-11,13H2,1-2H3. The number of piperidine rings is 1. The summed E-state index contributed by atoms with van der Waals surface area (Å²) >= 11 is 0. The number of nitrogens with zero attached hydrogens (tertiary/aromatic N) is 2. The van der Waals surface area contributed by atoms with Crippen molar-refractivity contribution in [1.29, 1.82) is 0 Å². The maximum atomic E-state index is 12.6. The highest BCUT2D eigenvalue weighted by Gasteiger charge is 2.25. The maximum Gasteiger partial charge on any atom is 0.253 e. The Kier molecular flexibility index (Phi) is 5.38. The highest BCUT2D eigenvalue weighted by molar-refractivity contribution is 5.94. The van der Waals surface area contributed by atoms with Gasteiger partial charge < -0.3 is 14.9 Å². The number of hydrogen-bond donors (Lipinski definition) is 1. The second kappa shape index (κ2) is 7.26. The van der Waals surface area contributed by atoms with E-state index >= 15 is 0 Å². The molecule has 21 heavy (non-hydrogen) atoms. The molecule has 0 aromatic heterocycles. The smallest absolute Gasteiger partial charge is 0.253 e. The monoisotopic (exact) mass is 286 g/mol. The molecule has 4 heteroatoms. The largest absolute Gasteiger partial charge is 0.384 e. The maximum absolute atomic E-state index is 12.6. The zero-order valence-corrected chi connectivity index (χ0v) is 12.7. The van der Waals surface area contributed by atoms with Gasteiger partial charge in [-0.2, -0.15) is 0 Å². The van der Waals surface area contributed by atoms with E-state index in [2.05, 4.69) is 23.8 Å². The molecule has 0 bridgehead atoms. The Labute approximate surface area is 126 Å². The number of aliphatic hydroxyl groups is 1. The predicted molar refractivity (Wildman–Crippen MR) is 83.0 cm³/mol. The summed E-state index contributed by atoms with van der Waals surface area (Å²) in [6, 6.07) is 7.54. The van der Waals surface area contributed by atoms with Gasteiger partial charge >= 0.3 is 0 Å². The van der Waals surface area contributed by atoms with Gasteiger partial charge in [0.2, 0.25) is 0 Å². The fourth-order valence-electron chi connectivity index (χ4n) is 2.70. The van der Waals surface area contributed by atoms with Crippen LogP contribution in [-0.4, -0.2) is 60.6 Å². The molecule has 1 aromatic rings. The van der Waals surface area contributed by atoms with Crippen molar-refractivity contribution in [3.05, 3.63) is 35.4 Å². The second-order valence-corrected chi connectivity index (χ2v) is 5.52. The second-order valence-electron chi connectivity index (χ2n) is 5.52. The number of benzene rings is 1. The van der Waals surface area contributed by atoms with Crippen molar-refractivity contribution in [2.75, 3.05) is 33.8 Å². The number of hydrogen-bond acceptors (Lipinski definition) is 3. The number of likely N-dealkylation sites (N-methyl/N-ethyl adjacent to an activating group) is 2. The minimum absolute atomic E-state index is 0.0305. The van der Waals surface area contributed by atoms with E-state index in [0.29, 0.717) is 5.56 Å². The topological polar surface area (TPSA) is 43.8 Å². The summed E-state index contributed by atoms with van der Waals surface area (Å²) < 4.78 is 0. The van der Waals surface area contributed by atoms with Crippen molar-refractivity contribution in [2.24, 2.45) is 0 Å². The molecule has 1 amide bonds. The Morgan fingerprint density at radius 3 is 3.05 bits per heavy atom. The highest BCUT2D eigenvalue weighted by Crippen LogP contribution is 2.16. The minimum Gasteiger partial charge on any atom is -0.384 e. The van der Waals surface area contributed by atoms with Crippen LogP contribution in [0.5, 0.6) is 0 Å². The van der Waals surface area contributed by atoms with Gasteiger partial charge in [-0.1, -0.05) is 17.9 Å². The van der Waals surface area contributed by atoms with E-state index in [4.69, 9.17) is 5.11 Å². The lowest BCUT2D eigenvalue weighted by atomic mass is 10.0. The van der Waals surface area contributed by atoms with Crippen molar-refractivity contribution < 1.29 is 9.90 Å². The Hall–Kier alpha value is -1.83. The fourth-order valence-corrected chi connectivity index (χ4v) is 2.70. The fraction of sp³-hybridized carbons (Fsp3) is 0.471. The molecule has 1 N–H and O–H groups in total. The molecule has 0 saturated carbocycles. The van der Waals surface area contributed by atoms with E-state index in [9.17, 15) is 4.79 Å². The van der Waals surface area contributed by atoms with Gasteiger partial charge in [0.25, 0.3) is 5.91 Å². The van der Waals surface area contributed by atoms with E-state index in [1.54, 1.807) is 6.07 Å². The van der Waals surface area contributed by atoms with Gasteiger partial charge in [0.05, 0.1) is 0 Å². The lowest BCUT2D eigenvalue weighted by Gasteiger charge is -2.35. The number of carbonyl (C=O) groups is 1. The summed E-state index contributed by atoms with van der Waals surface area (Å²) in [5.74, 6) is 5.47. The van der Waals surface area contributed by atoms with E-state index in [-0.39, 0.29) is 18.6 Å². The van der Waals surface area contributed by atoms with Crippen LogP contribution in [0.25, 0.3) is 0 Å². The van der Waals surface area contributed by atoms with Gasteiger partial charge in [0, 0.05) is 30.8 Å². The summed E-state index contributed by atoms with van der Waals surface area (Å²) in [7, 11) is 3.97. The molecule has 1 aliphatic heterocycles. The molecule has 1 unspecified atom stereocenters. The molecule has 0 radical (unpaired) electrons. The van der Waals surface area contributed by atoms with Crippen LogP contribution < -0.4 is 0 Å². The van der Waals surface area contributed by atoms with Crippen molar-refractivity contribution in [1.82, 2.24) is 9.80 Å². The summed E-state index contributed by atoms with van der Waals surface area (Å²) in [4.78, 5) is 16.7. The third kappa shape index (κ3) is 4.07. The number of aliphatic hydroxyl groups excluding tert-OH is 1. The summed E-state index contributed by atoms with van der Waals surface area (Å²) in [6.07, 6.45) is 2.18. The van der Waals surface area contributed by atoms with Crippen molar-refractivity contribution in [2.45, 2.75) is 18.9 Å². The number of amides is 1. The lowest BCUT2D eigenvalue weighted by Crippen LogP contribution is -2.47. The van der Waals surface area contributed by atoms with Crippen molar-refractivity contribution >= 4 is 5.91 Å². The first-order valence-corrected chi connectivity index (χ1v) is 7.27. The number of rotatable bonds is 2. The van der Waals surface area contributed by atoms with Gasteiger partial charge in [0.15, 0.2) is 0 Å². The van der Waals surface area contributed by atoms with E-state index in [1.165, 1.54) is 0 Å². The first-order chi connectivity index (χ1) is 10.1. The third-order valence-corrected chi connectivity index (χ3v) is 3.89. The van der Waals surface area contributed by atoms with Crippen molar-refractivity contribution in [3.8, 4) is 11.8 Å². The van der Waals surface area contributed by atoms with Crippen LogP contribution in [0, 0.1) is 11.8 Å². The van der Waals surface area contributed by atoms with Gasteiger partial charge in [-0.15, -0.1) is 0 Å². The zero-order valence-electron chi connectivity index (χ0n) is 12.7. The molecule has 1 fully saturated rings. The molecule has 1 heterocycles. The quantitative estimate of drug-likeness (QED) is 0.831.